The highest BCUT2D eigenvalue weighted by atomic mass is 35.5. The topological polar surface area (TPSA) is 134 Å². The van der Waals surface area contributed by atoms with Gasteiger partial charge in [-0.2, -0.15) is 0 Å². The maximum absolute atomic E-state index is 13.5. The first-order valence-electron chi connectivity index (χ1n) is 14.9. The van der Waals surface area contributed by atoms with Crippen molar-refractivity contribution < 1.29 is 29.0 Å². The molecule has 0 aliphatic heterocycles. The van der Waals surface area contributed by atoms with Crippen LogP contribution in [-0.2, 0) is 9.59 Å². The number of amides is 3. The molecule has 9 nitrogen and oxygen atoms in total. The van der Waals surface area contributed by atoms with Gasteiger partial charge in [-0.1, -0.05) is 78.3 Å². The van der Waals surface area contributed by atoms with Crippen LogP contribution in [-0.4, -0.2) is 35.9 Å². The van der Waals surface area contributed by atoms with E-state index in [4.69, 9.17) is 16.3 Å². The fourth-order valence-electron chi connectivity index (χ4n) is 4.71. The zero-order valence-electron chi connectivity index (χ0n) is 26.1. The number of carbonyl (C=O) groups is 4. The lowest BCUT2D eigenvalue weighted by Gasteiger charge is -2.18. The Bertz CT molecular complexity index is 2000. The smallest absolute Gasteiger partial charge is 0.337 e. The van der Waals surface area contributed by atoms with Gasteiger partial charge in [0, 0.05) is 27.4 Å². The molecule has 11 heteroatoms. The summed E-state index contributed by atoms with van der Waals surface area (Å²) in [6.45, 7) is 0. The highest BCUT2D eigenvalue weighted by Crippen LogP contribution is 2.37. The summed E-state index contributed by atoms with van der Waals surface area (Å²) in [6.07, 6.45) is 1.54. The summed E-state index contributed by atoms with van der Waals surface area (Å²) in [4.78, 5) is 52.4. The Morgan fingerprint density at radius 3 is 2.08 bits per heavy atom. The van der Waals surface area contributed by atoms with E-state index in [0.717, 1.165) is 10.5 Å². The molecule has 0 saturated heterocycles. The van der Waals surface area contributed by atoms with Crippen LogP contribution in [0.15, 0.2) is 138 Å². The van der Waals surface area contributed by atoms with E-state index < -0.39 is 23.0 Å². The van der Waals surface area contributed by atoms with Crippen LogP contribution in [0.3, 0.4) is 0 Å². The molecule has 1 atom stereocenters. The van der Waals surface area contributed by atoms with Gasteiger partial charge >= 0.3 is 5.97 Å². The largest absolute Gasteiger partial charge is 0.496 e. The number of aromatic carboxylic acids is 1. The van der Waals surface area contributed by atoms with Crippen molar-refractivity contribution >= 4 is 64.5 Å². The van der Waals surface area contributed by atoms with Gasteiger partial charge in [0.2, 0.25) is 5.91 Å². The Balaban J connectivity index is 1.35. The van der Waals surface area contributed by atoms with Gasteiger partial charge < -0.3 is 25.8 Å². The minimum absolute atomic E-state index is 0.00544. The van der Waals surface area contributed by atoms with Crippen LogP contribution in [0.25, 0.3) is 6.08 Å². The van der Waals surface area contributed by atoms with Crippen LogP contribution in [0.2, 0.25) is 5.02 Å². The average Bonchev–Trinajstić information content (AvgIpc) is 3.12. The van der Waals surface area contributed by atoms with Gasteiger partial charge in [-0.05, 0) is 72.3 Å². The number of halogens is 1. The zero-order valence-corrected chi connectivity index (χ0v) is 27.6. The molecule has 0 fully saturated rings. The van der Waals surface area contributed by atoms with Crippen molar-refractivity contribution in [2.45, 2.75) is 10.1 Å². The van der Waals surface area contributed by atoms with Gasteiger partial charge in [0.05, 0.1) is 17.7 Å². The number of hydrogen-bond donors (Lipinski definition) is 4. The number of thioether (sulfide) groups is 1. The van der Waals surface area contributed by atoms with Crippen molar-refractivity contribution in [2.75, 3.05) is 17.7 Å². The van der Waals surface area contributed by atoms with Gasteiger partial charge in [-0.15, -0.1) is 11.8 Å². The van der Waals surface area contributed by atoms with Crippen LogP contribution < -0.4 is 20.7 Å². The molecule has 0 bridgehead atoms. The summed E-state index contributed by atoms with van der Waals surface area (Å²) in [6, 6.07) is 36.0. The molecule has 0 aliphatic rings. The minimum atomic E-state index is -1.21. The summed E-state index contributed by atoms with van der Waals surface area (Å²) < 4.78 is 5.43. The maximum Gasteiger partial charge on any atom is 0.337 e. The molecular formula is C38H30ClN3O6S. The molecule has 5 rings (SSSR count). The number of benzene rings is 5. The molecule has 3 amide bonds. The lowest BCUT2D eigenvalue weighted by atomic mass is 10.1. The third kappa shape index (κ3) is 9.16. The van der Waals surface area contributed by atoms with Gasteiger partial charge in [0.15, 0.2) is 0 Å². The molecule has 0 radical (unpaired) electrons. The minimum Gasteiger partial charge on any atom is -0.496 e. The number of nitrogens with one attached hydrogen (secondary N) is 3. The fourth-order valence-corrected chi connectivity index (χ4v) is 5.93. The summed E-state index contributed by atoms with van der Waals surface area (Å²) in [5.74, 6) is -2.05. The predicted octanol–water partition coefficient (Wildman–Crippen LogP) is 7.93. The summed E-state index contributed by atoms with van der Waals surface area (Å²) in [7, 11) is 1.52. The van der Waals surface area contributed by atoms with E-state index >= 15 is 0 Å². The lowest BCUT2D eigenvalue weighted by Crippen LogP contribution is -2.30. The number of para-hydroxylation sites is 1. The molecule has 49 heavy (non-hydrogen) atoms. The first-order chi connectivity index (χ1) is 23.7. The quantitative estimate of drug-likeness (QED) is 0.0771. The van der Waals surface area contributed by atoms with E-state index in [-0.39, 0.29) is 22.2 Å². The number of carboxylic acid groups (broad SMARTS) is 1. The number of methoxy groups -OCH3 is 1. The number of anilines is 2. The third-order valence-electron chi connectivity index (χ3n) is 7.14. The van der Waals surface area contributed by atoms with Crippen LogP contribution in [0.5, 0.6) is 5.75 Å². The van der Waals surface area contributed by atoms with Crippen LogP contribution in [0.1, 0.15) is 37.1 Å². The molecular weight excluding hydrogens is 662 g/mol. The second-order valence-corrected chi connectivity index (χ2v) is 12.1. The van der Waals surface area contributed by atoms with E-state index in [1.54, 1.807) is 84.9 Å². The average molecular weight is 692 g/mol. The Morgan fingerprint density at radius 1 is 0.776 bits per heavy atom. The normalized spacial score (nSPS) is 11.6. The first-order valence-corrected chi connectivity index (χ1v) is 16.2. The summed E-state index contributed by atoms with van der Waals surface area (Å²) in [5, 5.41) is 17.1. The Morgan fingerprint density at radius 2 is 1.41 bits per heavy atom. The highest BCUT2D eigenvalue weighted by Gasteiger charge is 2.23. The molecule has 0 spiro atoms. The van der Waals surface area contributed by atoms with Crippen molar-refractivity contribution in [1.82, 2.24) is 5.32 Å². The van der Waals surface area contributed by atoms with Crippen molar-refractivity contribution in [2.24, 2.45) is 0 Å². The van der Waals surface area contributed by atoms with E-state index in [9.17, 15) is 24.3 Å². The fraction of sp³-hybridized carbons (Fsp3) is 0.0526. The third-order valence-corrected chi connectivity index (χ3v) is 8.73. The Kier molecular flexibility index (Phi) is 11.5. The van der Waals surface area contributed by atoms with E-state index in [1.165, 1.54) is 37.1 Å². The Hall–Kier alpha value is -5.84. The highest BCUT2D eigenvalue weighted by molar-refractivity contribution is 8.00. The lowest BCUT2D eigenvalue weighted by molar-refractivity contribution is -0.116. The van der Waals surface area contributed by atoms with Gasteiger partial charge in [0.25, 0.3) is 11.8 Å². The predicted molar refractivity (Wildman–Crippen MR) is 192 cm³/mol. The molecule has 0 aliphatic carbocycles. The van der Waals surface area contributed by atoms with E-state index in [2.05, 4.69) is 16.0 Å². The molecule has 4 N–H and O–H groups in total. The van der Waals surface area contributed by atoms with Gasteiger partial charge in [0.1, 0.15) is 16.7 Å². The molecule has 0 aromatic heterocycles. The number of carboxylic acids is 1. The van der Waals surface area contributed by atoms with E-state index in [1.807, 2.05) is 30.3 Å². The molecule has 1 unspecified atom stereocenters. The molecule has 5 aromatic rings. The SMILES string of the molecule is COc1ccccc1/C=C(\NC(=O)c1ccccc1)C(=O)Nc1ccc(SC(C(=O)Nc2ccc(Cl)c(C(=O)O)c2)c2ccccc2)cc1. The van der Waals surface area contributed by atoms with Gasteiger partial charge in [-0.3, -0.25) is 14.4 Å². The molecule has 5 aromatic carbocycles. The maximum atomic E-state index is 13.5. The van der Waals surface area contributed by atoms with Crippen LogP contribution >= 0.6 is 23.4 Å². The summed E-state index contributed by atoms with van der Waals surface area (Å²) >= 11 is 7.28. The monoisotopic (exact) mass is 691 g/mol. The van der Waals surface area contributed by atoms with Crippen molar-refractivity contribution in [3.05, 3.63) is 160 Å². The molecule has 0 saturated carbocycles. The molecule has 246 valence electrons. The Labute approximate surface area is 292 Å². The second-order valence-electron chi connectivity index (χ2n) is 10.5. The van der Waals surface area contributed by atoms with Crippen LogP contribution in [0, 0.1) is 0 Å². The van der Waals surface area contributed by atoms with Crippen LogP contribution in [0.4, 0.5) is 11.4 Å². The standard InChI is InChI=1S/C38H30ClN3O6S/c1-48-33-15-9-8-14-26(33)22-32(42-35(43)25-12-6-3-7-13-25)36(44)40-27-16-19-29(20-17-27)49-34(24-10-4-2-5-11-24)37(45)41-28-18-21-31(39)30(23-28)38(46)47/h2-23,34H,1H3,(H,40,44)(H,41,45)(H,42,43)(H,46,47)/b32-22-. The summed E-state index contributed by atoms with van der Waals surface area (Å²) in [5.41, 5.74) is 2.35. The van der Waals surface area contributed by atoms with Crippen molar-refractivity contribution in [3.8, 4) is 5.75 Å². The second kappa shape index (κ2) is 16.3. The van der Waals surface area contributed by atoms with Crippen molar-refractivity contribution in [1.29, 1.82) is 0 Å². The molecule has 0 heterocycles. The number of carbonyl (C=O) groups excluding carboxylic acids is 3. The van der Waals surface area contributed by atoms with Crippen molar-refractivity contribution in [3.63, 3.8) is 0 Å². The zero-order chi connectivity index (χ0) is 34.8. The number of ether oxygens (including phenoxy) is 1. The number of hydrogen-bond acceptors (Lipinski definition) is 6. The first kappa shape index (κ1) is 34.5. The number of rotatable bonds is 12. The van der Waals surface area contributed by atoms with Gasteiger partial charge in [-0.25, -0.2) is 4.79 Å². The van der Waals surface area contributed by atoms with E-state index in [0.29, 0.717) is 28.3 Å².